The Balaban J connectivity index is 0.000000253. The maximum atomic E-state index is 2.99. The van der Waals surface area contributed by atoms with Crippen molar-refractivity contribution in [2.45, 2.75) is 58.8 Å². The molecular formula is C38H42Cl2SiZr. The predicted molar refractivity (Wildman–Crippen MR) is 188 cm³/mol. The van der Waals surface area contributed by atoms with E-state index in [0.29, 0.717) is 0 Å². The first-order valence-electron chi connectivity index (χ1n) is 14.1. The summed E-state index contributed by atoms with van der Waals surface area (Å²) in [5.74, 6) is 0. The zero-order valence-corrected chi connectivity index (χ0v) is 30.7. The zero-order valence-electron chi connectivity index (χ0n) is 25.6. The summed E-state index contributed by atoms with van der Waals surface area (Å²) in [6.45, 7) is 13.6. The fourth-order valence-electron chi connectivity index (χ4n) is 4.67. The van der Waals surface area contributed by atoms with Crippen molar-refractivity contribution < 1.29 is 23.3 Å². The van der Waals surface area contributed by atoms with Gasteiger partial charge in [-0.2, -0.15) is 6.08 Å². The van der Waals surface area contributed by atoms with Crippen molar-refractivity contribution >= 4 is 62.2 Å². The third-order valence-electron chi connectivity index (χ3n) is 7.15. The van der Waals surface area contributed by atoms with Crippen molar-refractivity contribution in [1.82, 2.24) is 0 Å². The van der Waals surface area contributed by atoms with E-state index >= 15 is 0 Å². The van der Waals surface area contributed by atoms with Gasteiger partial charge in [0.25, 0.3) is 0 Å². The van der Waals surface area contributed by atoms with Gasteiger partial charge in [0.1, 0.15) is 0 Å². The van der Waals surface area contributed by atoms with E-state index < -0.39 is 5.43 Å². The van der Waals surface area contributed by atoms with Gasteiger partial charge < -0.3 is 0 Å². The van der Waals surface area contributed by atoms with E-state index in [1.807, 2.05) is 12.2 Å². The van der Waals surface area contributed by atoms with E-state index in [4.69, 9.17) is 0 Å². The number of hydrogen-bond acceptors (Lipinski definition) is 0. The van der Waals surface area contributed by atoms with Gasteiger partial charge in [0.2, 0.25) is 0 Å². The van der Waals surface area contributed by atoms with Crippen LogP contribution in [0.3, 0.4) is 0 Å². The fraction of sp³-hybridized carbons (Fsp3) is 0.237. The van der Waals surface area contributed by atoms with Gasteiger partial charge in [-0.15, -0.1) is 71.0 Å². The van der Waals surface area contributed by atoms with E-state index in [1.54, 1.807) is 23.3 Å². The molecule has 0 heterocycles. The van der Waals surface area contributed by atoms with E-state index in [2.05, 4.69) is 157 Å². The molecule has 0 unspecified atom stereocenters. The summed E-state index contributed by atoms with van der Waals surface area (Å²) in [6, 6.07) is 37.9. The second-order valence-electron chi connectivity index (χ2n) is 12.4. The maximum absolute atomic E-state index is 2.99. The fourth-order valence-corrected chi connectivity index (χ4v) is 8.51. The van der Waals surface area contributed by atoms with Crippen molar-refractivity contribution in [3.8, 4) is 0 Å². The van der Waals surface area contributed by atoms with Crippen LogP contribution in [0, 0.1) is 6.08 Å². The summed E-state index contributed by atoms with van der Waals surface area (Å²) in [6.07, 6.45) is 10.0. The average Bonchev–Trinajstić information content (AvgIpc) is 3.64. The summed E-state index contributed by atoms with van der Waals surface area (Å²) in [4.78, 5) is 0. The average molecular weight is 689 g/mol. The summed E-state index contributed by atoms with van der Waals surface area (Å²) in [5.41, 5.74) is 2.76. The molecule has 0 saturated heterocycles. The molecule has 0 N–H and O–H groups in total. The molecule has 0 spiro atoms. The van der Waals surface area contributed by atoms with Gasteiger partial charge in [-0.25, -0.2) is 12.2 Å². The molecule has 0 aromatic heterocycles. The number of hydrogen-bond donors (Lipinski definition) is 0. The van der Waals surface area contributed by atoms with E-state index in [9.17, 15) is 0 Å². The zero-order chi connectivity index (χ0) is 28.8. The van der Waals surface area contributed by atoms with Crippen molar-refractivity contribution in [3.05, 3.63) is 139 Å². The minimum absolute atomic E-state index is 0. The number of fused-ring (bicyclic) bond motifs is 3. The van der Waals surface area contributed by atoms with Gasteiger partial charge >= 0.3 is 99.8 Å². The molecule has 0 amide bonds. The normalized spacial score (nSPS) is 12.0. The van der Waals surface area contributed by atoms with Crippen molar-refractivity contribution in [2.24, 2.45) is 0 Å². The van der Waals surface area contributed by atoms with Crippen LogP contribution in [0.25, 0.3) is 21.5 Å². The van der Waals surface area contributed by atoms with E-state index in [-0.39, 0.29) is 35.6 Å². The van der Waals surface area contributed by atoms with Crippen LogP contribution in [0.2, 0.25) is 0 Å². The van der Waals surface area contributed by atoms with Crippen LogP contribution in [0.1, 0.15) is 59.1 Å². The van der Waals surface area contributed by atoms with Crippen LogP contribution in [0.5, 0.6) is 0 Å². The molecule has 0 nitrogen and oxygen atoms in total. The summed E-state index contributed by atoms with van der Waals surface area (Å²) < 4.78 is 0. The van der Waals surface area contributed by atoms with Crippen molar-refractivity contribution in [3.63, 3.8) is 0 Å². The first-order valence-corrected chi connectivity index (χ1v) is 19.3. The van der Waals surface area contributed by atoms with Crippen LogP contribution in [-0.4, -0.2) is 5.43 Å². The minimum atomic E-state index is -0.455. The standard InChI is InChI=1S/C21H25.C12H10Si.C5H5.2ClH.Zr/c1-20(2,3)16-7-9-18-14(12-16)11-15-13-17(21(4,5)6)8-10-19(15)18;1-3-7-11(8-4-1)13-12-9-5-2-6-10-12;1-2-4-5-3-1;;;/h7-13H,1-6H3;1-10H;1-3H,4H2;2*1H;/q-1;;-1;;;+2. The van der Waals surface area contributed by atoms with Crippen LogP contribution in [0.15, 0.2) is 121 Å². The van der Waals surface area contributed by atoms with Gasteiger partial charge in [0, 0.05) is 0 Å². The van der Waals surface area contributed by atoms with E-state index in [0.717, 1.165) is 6.42 Å². The van der Waals surface area contributed by atoms with Crippen LogP contribution in [0.4, 0.5) is 0 Å². The Bertz CT molecular complexity index is 1510. The second kappa shape index (κ2) is 16.1. The molecule has 1 aliphatic carbocycles. The van der Waals surface area contributed by atoms with Gasteiger partial charge in [-0.3, -0.25) is 6.08 Å². The van der Waals surface area contributed by atoms with Gasteiger partial charge in [-0.05, 0) is 10.8 Å². The molecule has 6 rings (SSSR count). The quantitative estimate of drug-likeness (QED) is 0.128. The summed E-state index contributed by atoms with van der Waals surface area (Å²) >= 11 is 1.64. The molecule has 5 aromatic carbocycles. The van der Waals surface area contributed by atoms with Crippen LogP contribution in [-0.2, 0) is 34.2 Å². The van der Waals surface area contributed by atoms with Crippen LogP contribution >= 0.6 is 24.8 Å². The predicted octanol–water partition coefficient (Wildman–Crippen LogP) is 9.80. The Kier molecular flexibility index (Phi) is 13.9. The Morgan fingerprint density at radius 2 is 1.07 bits per heavy atom. The molecule has 0 radical (unpaired) electrons. The molecule has 42 heavy (non-hydrogen) atoms. The van der Waals surface area contributed by atoms with E-state index in [1.165, 1.54) is 43.0 Å². The second-order valence-corrected chi connectivity index (χ2v) is 18.0. The summed E-state index contributed by atoms with van der Waals surface area (Å²) in [5, 5.41) is 8.51. The molecule has 0 aliphatic heterocycles. The Hall–Kier alpha value is -2.09. The molecule has 1 aliphatic rings. The molecule has 0 bridgehead atoms. The van der Waals surface area contributed by atoms with Crippen LogP contribution < -0.4 is 10.4 Å². The number of halogens is 2. The molecule has 0 saturated carbocycles. The third-order valence-corrected chi connectivity index (χ3v) is 13.2. The molecule has 5 aromatic rings. The third kappa shape index (κ3) is 9.72. The number of benzene rings is 4. The topological polar surface area (TPSA) is 0 Å². The van der Waals surface area contributed by atoms with Crippen molar-refractivity contribution in [1.29, 1.82) is 0 Å². The Morgan fingerprint density at radius 3 is 1.38 bits per heavy atom. The first-order chi connectivity index (χ1) is 19.0. The molecule has 216 valence electrons. The summed E-state index contributed by atoms with van der Waals surface area (Å²) in [7, 11) is 0. The van der Waals surface area contributed by atoms with Gasteiger partial charge in [0.05, 0.1) is 0 Å². The SMILES string of the molecule is CC(C)(C)c1ccc2c(c1)[cH-]c1cc(C(C)(C)C)ccc12.Cl.Cl.[C-]1=CC=CC1.[Zr+2]=[Si](c1ccccc1)c1ccccc1. The number of allylic oxidation sites excluding steroid dienone is 4. The molecular weight excluding hydrogens is 647 g/mol. The Labute approximate surface area is 280 Å². The molecule has 0 fully saturated rings. The molecule has 0 atom stereocenters. The number of rotatable bonds is 2. The van der Waals surface area contributed by atoms with Gasteiger partial charge in [0.15, 0.2) is 0 Å². The van der Waals surface area contributed by atoms with Gasteiger partial charge in [-0.1, -0.05) is 76.9 Å². The molecule has 4 heteroatoms. The monoisotopic (exact) mass is 686 g/mol. The first kappa shape index (κ1) is 36.1. The Morgan fingerprint density at radius 1 is 0.643 bits per heavy atom. The van der Waals surface area contributed by atoms with Crippen molar-refractivity contribution in [2.75, 3.05) is 0 Å².